The van der Waals surface area contributed by atoms with Crippen LogP contribution in [0.3, 0.4) is 0 Å². The molecule has 1 aromatic rings. The number of rotatable bonds is 5. The molecule has 204 valence electrons. The van der Waals surface area contributed by atoms with E-state index in [0.717, 1.165) is 50.5 Å². The molecule has 7 nitrogen and oxygen atoms in total. The van der Waals surface area contributed by atoms with Crippen molar-refractivity contribution in [1.82, 2.24) is 10.2 Å². The fourth-order valence-electron chi connectivity index (χ4n) is 7.95. The number of nitrogens with one attached hydrogen (secondary N) is 2. The number of carbonyl (C=O) groups is 3. The Balaban J connectivity index is 1.32. The van der Waals surface area contributed by atoms with Gasteiger partial charge in [0.15, 0.2) is 0 Å². The van der Waals surface area contributed by atoms with Crippen LogP contribution in [0.4, 0.5) is 5.69 Å². The maximum Gasteiger partial charge on any atom is 0.246 e. The average molecular weight is 520 g/mol. The first-order valence-corrected chi connectivity index (χ1v) is 14.7. The van der Waals surface area contributed by atoms with Gasteiger partial charge in [-0.3, -0.25) is 14.4 Å². The predicted octanol–water partition coefficient (Wildman–Crippen LogP) is 4.36. The van der Waals surface area contributed by atoms with Crippen LogP contribution < -0.4 is 10.6 Å². The minimum absolute atomic E-state index is 0.00575. The van der Waals surface area contributed by atoms with E-state index < -0.39 is 29.6 Å². The summed E-state index contributed by atoms with van der Waals surface area (Å²) in [6.45, 7) is 6.46. The highest BCUT2D eigenvalue weighted by atomic mass is 16.5. The molecular formula is C31H41N3O4. The first-order chi connectivity index (χ1) is 18.3. The Morgan fingerprint density at radius 2 is 1.82 bits per heavy atom. The minimum atomic E-state index is -1.10. The number of aryl methyl sites for hydroxylation is 1. The number of hydrogen-bond donors (Lipinski definition) is 2. The van der Waals surface area contributed by atoms with Crippen LogP contribution in [0.15, 0.2) is 36.4 Å². The quantitative estimate of drug-likeness (QED) is 0.566. The molecular weight excluding hydrogens is 478 g/mol. The fourth-order valence-corrected chi connectivity index (χ4v) is 7.95. The number of fused-ring (bicyclic) bond motifs is 1. The van der Waals surface area contributed by atoms with E-state index in [9.17, 15) is 14.4 Å². The summed E-state index contributed by atoms with van der Waals surface area (Å²) in [4.78, 5) is 43.9. The van der Waals surface area contributed by atoms with Gasteiger partial charge in [-0.15, -0.1) is 0 Å². The van der Waals surface area contributed by atoms with Gasteiger partial charge in [0.1, 0.15) is 11.6 Å². The Bertz CT molecular complexity index is 1140. The number of benzene rings is 1. The second-order valence-electron chi connectivity index (χ2n) is 12.5. The van der Waals surface area contributed by atoms with E-state index in [-0.39, 0.29) is 29.8 Å². The molecule has 7 heteroatoms. The van der Waals surface area contributed by atoms with Crippen molar-refractivity contribution in [3.05, 3.63) is 42.0 Å². The van der Waals surface area contributed by atoms with Gasteiger partial charge in [-0.05, 0) is 55.7 Å². The van der Waals surface area contributed by atoms with Crippen LogP contribution in [0.25, 0.3) is 0 Å². The van der Waals surface area contributed by atoms with Crippen molar-refractivity contribution in [2.75, 3.05) is 5.32 Å². The van der Waals surface area contributed by atoms with Crippen molar-refractivity contribution in [3.8, 4) is 0 Å². The monoisotopic (exact) mass is 519 g/mol. The number of nitrogens with zero attached hydrogens (tertiary/aromatic N) is 1. The molecule has 2 N–H and O–H groups in total. The Labute approximate surface area is 225 Å². The van der Waals surface area contributed by atoms with Gasteiger partial charge in [-0.2, -0.15) is 0 Å². The van der Waals surface area contributed by atoms with Gasteiger partial charge in [0.2, 0.25) is 17.7 Å². The number of amides is 3. The van der Waals surface area contributed by atoms with Crippen LogP contribution in [0.5, 0.6) is 0 Å². The largest absolute Gasteiger partial charge is 0.359 e. The number of carbonyl (C=O) groups excluding carboxylic acids is 3. The molecule has 6 rings (SSSR count). The number of likely N-dealkylation sites (tertiary alicyclic amines) is 1. The zero-order chi connectivity index (χ0) is 26.6. The molecule has 0 unspecified atom stereocenters. The summed E-state index contributed by atoms with van der Waals surface area (Å²) in [7, 11) is 0. The molecule has 1 aromatic carbocycles. The van der Waals surface area contributed by atoms with Crippen molar-refractivity contribution in [2.45, 2.75) is 102 Å². The maximum absolute atomic E-state index is 14.3. The van der Waals surface area contributed by atoms with E-state index in [1.165, 1.54) is 6.42 Å². The van der Waals surface area contributed by atoms with Crippen LogP contribution in [-0.2, 0) is 19.1 Å². The molecule has 4 fully saturated rings. The van der Waals surface area contributed by atoms with Crippen molar-refractivity contribution in [2.24, 2.45) is 23.7 Å². The normalized spacial score (nSPS) is 38.3. The second kappa shape index (κ2) is 9.82. The van der Waals surface area contributed by atoms with Crippen LogP contribution in [-0.4, -0.2) is 52.5 Å². The van der Waals surface area contributed by atoms with Gasteiger partial charge < -0.3 is 20.3 Å². The summed E-state index contributed by atoms with van der Waals surface area (Å²) in [6, 6.07) is 7.02. The van der Waals surface area contributed by atoms with E-state index in [1.807, 2.05) is 48.2 Å². The first-order valence-electron chi connectivity index (χ1n) is 14.7. The minimum Gasteiger partial charge on any atom is -0.359 e. The highest BCUT2D eigenvalue weighted by Gasteiger charge is 2.73. The number of ether oxygens (including phenoxy) is 1. The Kier molecular flexibility index (Phi) is 6.61. The van der Waals surface area contributed by atoms with Crippen molar-refractivity contribution >= 4 is 23.4 Å². The number of hydrogen-bond acceptors (Lipinski definition) is 4. The molecule has 3 amide bonds. The Morgan fingerprint density at radius 3 is 2.58 bits per heavy atom. The summed E-state index contributed by atoms with van der Waals surface area (Å²) in [5, 5.41) is 6.39. The molecule has 1 spiro atoms. The van der Waals surface area contributed by atoms with Crippen LogP contribution in [0, 0.1) is 30.6 Å². The van der Waals surface area contributed by atoms with E-state index in [4.69, 9.17) is 4.74 Å². The van der Waals surface area contributed by atoms with Crippen LogP contribution in [0.1, 0.15) is 70.8 Å². The van der Waals surface area contributed by atoms with E-state index >= 15 is 0 Å². The standard InChI is InChI=1S/C31H41N3O4/c1-18-9-7-11-21(17-18)32-28(35)25-24-15-16-31(38-24)26(25)30(37)34(22-12-5-4-6-13-22)27(31)29(36)33-23-14-8-10-19(2)20(23)3/h7,9,11,15-17,19-20,22-27H,4-6,8,10,12-14H2,1-3H3,(H,32,35)(H,33,36)/t19-,20+,23-,24-,25+,26-,27-,31-/m1/s1. The van der Waals surface area contributed by atoms with Crippen LogP contribution in [0.2, 0.25) is 0 Å². The SMILES string of the molecule is Cc1cccc(NC(=O)[C@H]2[C@H]3C=C[C@@]4(O3)[C@H]2C(=O)N(C2CCCCC2)[C@@H]4C(=O)N[C@@H]2CCC[C@@H](C)[C@@H]2C)c1. The van der Waals surface area contributed by atoms with Gasteiger partial charge in [-0.1, -0.05) is 70.2 Å². The summed E-state index contributed by atoms with van der Waals surface area (Å²) in [5.74, 6) is -0.864. The Hall–Kier alpha value is -2.67. The van der Waals surface area contributed by atoms with Crippen LogP contribution >= 0.6 is 0 Å². The zero-order valence-electron chi connectivity index (χ0n) is 22.8. The lowest BCUT2D eigenvalue weighted by Crippen LogP contribution is -2.59. The molecule has 5 aliphatic rings. The third kappa shape index (κ3) is 4.09. The molecule has 3 aliphatic heterocycles. The summed E-state index contributed by atoms with van der Waals surface area (Å²) >= 11 is 0. The smallest absolute Gasteiger partial charge is 0.246 e. The molecule has 0 radical (unpaired) electrons. The van der Waals surface area contributed by atoms with Gasteiger partial charge in [0.05, 0.1) is 17.9 Å². The third-order valence-corrected chi connectivity index (χ3v) is 10.2. The second-order valence-corrected chi connectivity index (χ2v) is 12.5. The van der Waals surface area contributed by atoms with Crippen molar-refractivity contribution in [3.63, 3.8) is 0 Å². The molecule has 2 saturated carbocycles. The Morgan fingerprint density at radius 1 is 1.03 bits per heavy atom. The molecule has 8 atom stereocenters. The third-order valence-electron chi connectivity index (χ3n) is 10.2. The van der Waals surface area contributed by atoms with E-state index in [1.54, 1.807) is 0 Å². The number of anilines is 1. The lowest BCUT2D eigenvalue weighted by atomic mass is 9.73. The fraction of sp³-hybridized carbons (Fsp3) is 0.645. The molecule has 2 aliphatic carbocycles. The van der Waals surface area contributed by atoms with Gasteiger partial charge in [0.25, 0.3) is 0 Å². The van der Waals surface area contributed by atoms with Crippen molar-refractivity contribution < 1.29 is 19.1 Å². The summed E-state index contributed by atoms with van der Waals surface area (Å²) in [5.41, 5.74) is 0.661. The molecule has 38 heavy (non-hydrogen) atoms. The molecule has 3 heterocycles. The lowest BCUT2D eigenvalue weighted by molar-refractivity contribution is -0.145. The topological polar surface area (TPSA) is 87.7 Å². The maximum atomic E-state index is 14.3. The predicted molar refractivity (Wildman–Crippen MR) is 145 cm³/mol. The molecule has 0 aromatic heterocycles. The van der Waals surface area contributed by atoms with Gasteiger partial charge in [-0.25, -0.2) is 0 Å². The first kappa shape index (κ1) is 25.6. The average Bonchev–Trinajstić information content (AvgIpc) is 3.54. The highest BCUT2D eigenvalue weighted by molar-refractivity contribution is 6.03. The highest BCUT2D eigenvalue weighted by Crippen LogP contribution is 2.56. The zero-order valence-corrected chi connectivity index (χ0v) is 22.8. The van der Waals surface area contributed by atoms with Crippen molar-refractivity contribution in [1.29, 1.82) is 0 Å². The van der Waals surface area contributed by atoms with Gasteiger partial charge >= 0.3 is 0 Å². The molecule has 2 saturated heterocycles. The van der Waals surface area contributed by atoms with Gasteiger partial charge in [0, 0.05) is 17.8 Å². The summed E-state index contributed by atoms with van der Waals surface area (Å²) in [6.07, 6.45) is 11.6. The van der Waals surface area contributed by atoms with E-state index in [0.29, 0.717) is 17.5 Å². The van der Waals surface area contributed by atoms with E-state index in [2.05, 4.69) is 24.5 Å². The lowest BCUT2D eigenvalue weighted by Gasteiger charge is -2.40. The summed E-state index contributed by atoms with van der Waals surface area (Å²) < 4.78 is 6.55. The molecule has 2 bridgehead atoms.